The Morgan fingerprint density at radius 3 is 3.04 bits per heavy atom. The van der Waals surface area contributed by atoms with Crippen molar-refractivity contribution in [2.45, 2.75) is 19.3 Å². The highest BCUT2D eigenvalue weighted by molar-refractivity contribution is 6.00. The summed E-state index contributed by atoms with van der Waals surface area (Å²) in [5, 5.41) is 6.37. The highest BCUT2D eigenvalue weighted by Gasteiger charge is 2.28. The summed E-state index contributed by atoms with van der Waals surface area (Å²) in [5.74, 6) is 0.992. The van der Waals surface area contributed by atoms with E-state index in [0.717, 1.165) is 52.3 Å². The minimum absolute atomic E-state index is 0.0137. The summed E-state index contributed by atoms with van der Waals surface area (Å²) in [4.78, 5) is 25.2. The van der Waals surface area contributed by atoms with Gasteiger partial charge in [0.15, 0.2) is 0 Å². The third-order valence-electron chi connectivity index (χ3n) is 5.17. The summed E-state index contributed by atoms with van der Waals surface area (Å²) >= 11 is 0. The molecule has 0 aliphatic carbocycles. The van der Waals surface area contributed by atoms with Crippen LogP contribution >= 0.6 is 0 Å². The van der Waals surface area contributed by atoms with E-state index >= 15 is 0 Å². The van der Waals surface area contributed by atoms with E-state index in [1.54, 1.807) is 6.20 Å². The van der Waals surface area contributed by atoms with E-state index < -0.39 is 0 Å². The Balaban J connectivity index is 1.78. The van der Waals surface area contributed by atoms with Gasteiger partial charge < -0.3 is 15.6 Å². The van der Waals surface area contributed by atoms with Crippen LogP contribution in [0.25, 0.3) is 22.3 Å². The number of hydrogen-bond acceptors (Lipinski definition) is 4. The number of amides is 1. The van der Waals surface area contributed by atoms with E-state index in [0.29, 0.717) is 6.54 Å². The molecule has 3 N–H and O–H groups in total. The minimum Gasteiger partial charge on any atom is -0.365 e. The number of aromatic amines is 1. The van der Waals surface area contributed by atoms with Gasteiger partial charge in [-0.15, -0.1) is 0 Å². The van der Waals surface area contributed by atoms with Crippen LogP contribution < -0.4 is 10.6 Å². The number of allylic oxidation sites excluding steroid dienone is 1. The van der Waals surface area contributed by atoms with Crippen molar-refractivity contribution in [1.29, 1.82) is 0 Å². The molecule has 2 aromatic heterocycles. The molecule has 0 unspecified atom stereocenters. The Kier molecular flexibility index (Phi) is 3.31. The number of fused-ring (bicyclic) bond motifs is 3. The van der Waals surface area contributed by atoms with Gasteiger partial charge in [-0.2, -0.15) is 0 Å². The fourth-order valence-corrected chi connectivity index (χ4v) is 3.72. The zero-order chi connectivity index (χ0) is 17.7. The molecule has 6 nitrogen and oxygen atoms in total. The largest absolute Gasteiger partial charge is 0.365 e. The fraction of sp³-hybridized carbons (Fsp3) is 0.250. The van der Waals surface area contributed by atoms with E-state index in [4.69, 9.17) is 4.98 Å². The lowest BCUT2D eigenvalue weighted by atomic mass is 9.93. The van der Waals surface area contributed by atoms with E-state index in [2.05, 4.69) is 33.6 Å². The summed E-state index contributed by atoms with van der Waals surface area (Å²) in [5.41, 5.74) is 6.53. The zero-order valence-electron chi connectivity index (χ0n) is 14.5. The molecule has 0 spiro atoms. The predicted octanol–water partition coefficient (Wildman–Crippen LogP) is 3.21. The lowest BCUT2D eigenvalue weighted by Crippen LogP contribution is -2.34. The van der Waals surface area contributed by atoms with Crippen LogP contribution in [-0.4, -0.2) is 33.9 Å². The minimum atomic E-state index is -0.0137. The maximum Gasteiger partial charge on any atom is 0.253 e. The van der Waals surface area contributed by atoms with Crippen LogP contribution in [0.5, 0.6) is 0 Å². The average Bonchev–Trinajstić information content (AvgIpc) is 3.11. The number of anilines is 1. The fourth-order valence-electron chi connectivity index (χ4n) is 3.72. The van der Waals surface area contributed by atoms with Gasteiger partial charge in [0.25, 0.3) is 5.91 Å². The molecule has 0 fully saturated rings. The van der Waals surface area contributed by atoms with Gasteiger partial charge in [-0.3, -0.25) is 9.78 Å². The van der Waals surface area contributed by atoms with Crippen LogP contribution in [0.1, 0.15) is 35.3 Å². The first-order valence-corrected chi connectivity index (χ1v) is 8.86. The smallest absolute Gasteiger partial charge is 0.253 e. The highest BCUT2D eigenvalue weighted by atomic mass is 16.1. The molecule has 1 atom stereocenters. The van der Waals surface area contributed by atoms with Crippen molar-refractivity contribution < 1.29 is 4.79 Å². The number of H-pyrrole nitrogens is 1. The van der Waals surface area contributed by atoms with Gasteiger partial charge >= 0.3 is 0 Å². The van der Waals surface area contributed by atoms with Crippen LogP contribution in [0.4, 0.5) is 5.82 Å². The molecular formula is C20H19N5O. The van der Waals surface area contributed by atoms with E-state index in [-0.39, 0.29) is 11.8 Å². The van der Waals surface area contributed by atoms with Gasteiger partial charge in [0.05, 0.1) is 17.3 Å². The molecule has 0 saturated carbocycles. The number of aromatic nitrogens is 3. The number of benzene rings is 1. The van der Waals surface area contributed by atoms with Crippen molar-refractivity contribution >= 4 is 22.8 Å². The van der Waals surface area contributed by atoms with Crippen LogP contribution in [0.2, 0.25) is 0 Å². The number of nitrogens with zero attached hydrogens (tertiary/aromatic N) is 2. The number of carbonyl (C=O) groups is 1. The summed E-state index contributed by atoms with van der Waals surface area (Å²) in [7, 11) is 0. The van der Waals surface area contributed by atoms with E-state index in [1.807, 2.05) is 24.3 Å². The van der Waals surface area contributed by atoms with Gasteiger partial charge in [-0.1, -0.05) is 23.8 Å². The molecule has 26 heavy (non-hydrogen) atoms. The monoisotopic (exact) mass is 345 g/mol. The van der Waals surface area contributed by atoms with Gasteiger partial charge in [-0.05, 0) is 25.5 Å². The maximum absolute atomic E-state index is 12.4. The van der Waals surface area contributed by atoms with Crippen molar-refractivity contribution in [2.75, 3.05) is 18.4 Å². The number of rotatable bonds is 0. The van der Waals surface area contributed by atoms with E-state index in [9.17, 15) is 4.79 Å². The molecule has 3 aromatic rings. The predicted molar refractivity (Wildman–Crippen MR) is 101 cm³/mol. The molecule has 1 aromatic carbocycles. The van der Waals surface area contributed by atoms with Crippen molar-refractivity contribution in [3.63, 3.8) is 0 Å². The van der Waals surface area contributed by atoms with Gasteiger partial charge in [-0.25, -0.2) is 4.98 Å². The van der Waals surface area contributed by atoms with Gasteiger partial charge in [0.1, 0.15) is 11.3 Å². The second-order valence-corrected chi connectivity index (χ2v) is 6.99. The third kappa shape index (κ3) is 2.37. The Morgan fingerprint density at radius 1 is 1.19 bits per heavy atom. The van der Waals surface area contributed by atoms with Crippen LogP contribution in [0.15, 0.2) is 42.1 Å². The normalized spacial score (nSPS) is 21.0. The summed E-state index contributed by atoms with van der Waals surface area (Å²) in [6.45, 7) is 3.49. The third-order valence-corrected chi connectivity index (χ3v) is 5.17. The Labute approximate surface area is 150 Å². The molecule has 4 bridgehead atoms. The quantitative estimate of drug-likeness (QED) is 0.546. The molecule has 130 valence electrons. The van der Waals surface area contributed by atoms with Crippen molar-refractivity contribution in [3.05, 3.63) is 53.4 Å². The molecule has 5 rings (SSSR count). The molecule has 0 radical (unpaired) electrons. The first-order valence-electron chi connectivity index (χ1n) is 8.86. The Hall–Kier alpha value is -3.15. The van der Waals surface area contributed by atoms with Crippen molar-refractivity contribution in [1.82, 2.24) is 20.3 Å². The molecular weight excluding hydrogens is 326 g/mol. The topological polar surface area (TPSA) is 82.7 Å². The number of para-hydroxylation sites is 1. The second kappa shape index (κ2) is 5.69. The molecule has 1 amide bonds. The molecule has 6 heteroatoms. The number of carbonyl (C=O) groups excluding carboxylic acids is 1. The highest BCUT2D eigenvalue weighted by Crippen LogP contribution is 2.34. The lowest BCUT2D eigenvalue weighted by Gasteiger charge is -2.22. The van der Waals surface area contributed by atoms with Gasteiger partial charge in [0, 0.05) is 36.0 Å². The van der Waals surface area contributed by atoms with Crippen LogP contribution in [0, 0.1) is 0 Å². The summed E-state index contributed by atoms with van der Waals surface area (Å²) < 4.78 is 0. The molecule has 2 aliphatic rings. The lowest BCUT2D eigenvalue weighted by molar-refractivity contribution is 0.0940. The molecule has 2 aliphatic heterocycles. The standard InChI is InChI=1S/C20H19N5O/c1-11-5-6-12-9-23-20(26)14-7-16(24-18(12)14)13-3-2-4-15-19(13)25-17(10-21-15)22-8-11/h2-5,7,10,12,24H,6,8-9H2,1H3,(H,22,25)(H,23,26)/b11-5+/t12-/m0/s1. The summed E-state index contributed by atoms with van der Waals surface area (Å²) in [6.07, 6.45) is 4.88. The SMILES string of the molecule is C/C1=C\C[C@H]2CNC(=O)c3cc([nH]c32)-c2cccc3ncc(nc23)NC1. The number of hydrogen-bond donors (Lipinski definition) is 3. The maximum atomic E-state index is 12.4. The first kappa shape index (κ1) is 15.1. The summed E-state index contributed by atoms with van der Waals surface area (Å²) in [6, 6.07) is 7.89. The first-order chi connectivity index (χ1) is 12.7. The Morgan fingerprint density at radius 2 is 2.12 bits per heavy atom. The average molecular weight is 345 g/mol. The molecule has 0 saturated heterocycles. The van der Waals surface area contributed by atoms with Crippen molar-refractivity contribution in [2.24, 2.45) is 0 Å². The van der Waals surface area contributed by atoms with Crippen LogP contribution in [0.3, 0.4) is 0 Å². The number of nitrogens with one attached hydrogen (secondary N) is 3. The molecule has 4 heterocycles. The second-order valence-electron chi connectivity index (χ2n) is 6.99. The Bertz CT molecular complexity index is 1070. The van der Waals surface area contributed by atoms with Crippen LogP contribution in [-0.2, 0) is 0 Å². The van der Waals surface area contributed by atoms with Gasteiger partial charge in [0.2, 0.25) is 0 Å². The van der Waals surface area contributed by atoms with Crippen molar-refractivity contribution in [3.8, 4) is 11.3 Å². The van der Waals surface area contributed by atoms with E-state index in [1.165, 1.54) is 5.57 Å². The zero-order valence-corrected chi connectivity index (χ0v) is 14.5.